The van der Waals surface area contributed by atoms with Crippen molar-refractivity contribution in [1.82, 2.24) is 10.9 Å². The SMILES string of the molecule is Cc1cccc(C)c1O[C@H](C)C(=O)NNC(=O)C1CCCCC1. The molecule has 0 aliphatic heterocycles. The van der Waals surface area contributed by atoms with Crippen molar-refractivity contribution in [3.63, 3.8) is 0 Å². The van der Waals surface area contributed by atoms with Gasteiger partial charge in [0.25, 0.3) is 5.91 Å². The third-order valence-corrected chi connectivity index (χ3v) is 4.36. The maximum absolute atomic E-state index is 12.1. The van der Waals surface area contributed by atoms with E-state index in [0.717, 1.165) is 36.8 Å². The topological polar surface area (TPSA) is 67.4 Å². The molecule has 0 spiro atoms. The van der Waals surface area contributed by atoms with Crippen LogP contribution in [0, 0.1) is 19.8 Å². The fourth-order valence-corrected chi connectivity index (χ4v) is 2.91. The number of carbonyl (C=O) groups is 2. The van der Waals surface area contributed by atoms with Crippen LogP contribution < -0.4 is 15.6 Å². The van der Waals surface area contributed by atoms with Gasteiger partial charge >= 0.3 is 0 Å². The number of para-hydroxylation sites is 1. The first-order chi connectivity index (χ1) is 11.0. The molecule has 0 saturated heterocycles. The summed E-state index contributed by atoms with van der Waals surface area (Å²) in [5.41, 5.74) is 6.97. The van der Waals surface area contributed by atoms with Gasteiger partial charge in [-0.2, -0.15) is 0 Å². The lowest BCUT2D eigenvalue weighted by atomic mass is 9.89. The zero-order valence-electron chi connectivity index (χ0n) is 14.1. The van der Waals surface area contributed by atoms with E-state index in [4.69, 9.17) is 4.74 Å². The van der Waals surface area contributed by atoms with Crippen molar-refractivity contribution >= 4 is 11.8 Å². The lowest BCUT2D eigenvalue weighted by Gasteiger charge is -2.22. The molecule has 0 aromatic heterocycles. The van der Waals surface area contributed by atoms with Crippen molar-refractivity contribution < 1.29 is 14.3 Å². The molecule has 1 fully saturated rings. The van der Waals surface area contributed by atoms with E-state index in [9.17, 15) is 9.59 Å². The molecule has 5 nitrogen and oxygen atoms in total. The number of amides is 2. The Labute approximate surface area is 137 Å². The molecule has 23 heavy (non-hydrogen) atoms. The van der Waals surface area contributed by atoms with Gasteiger partial charge in [0.05, 0.1) is 0 Å². The molecular weight excluding hydrogens is 292 g/mol. The predicted octanol–water partition coefficient (Wildman–Crippen LogP) is 2.80. The second-order valence-electron chi connectivity index (χ2n) is 6.29. The van der Waals surface area contributed by atoms with Crippen LogP contribution in [-0.4, -0.2) is 17.9 Å². The summed E-state index contributed by atoms with van der Waals surface area (Å²) in [5.74, 6) is 0.279. The first kappa shape index (κ1) is 17.3. The van der Waals surface area contributed by atoms with E-state index in [2.05, 4.69) is 10.9 Å². The number of hydrogen-bond donors (Lipinski definition) is 2. The van der Waals surface area contributed by atoms with Crippen molar-refractivity contribution in [1.29, 1.82) is 0 Å². The van der Waals surface area contributed by atoms with Crippen LogP contribution in [0.3, 0.4) is 0 Å². The van der Waals surface area contributed by atoms with Gasteiger partial charge < -0.3 is 4.74 Å². The molecule has 1 aromatic carbocycles. The zero-order chi connectivity index (χ0) is 16.8. The van der Waals surface area contributed by atoms with E-state index < -0.39 is 6.10 Å². The van der Waals surface area contributed by atoms with E-state index >= 15 is 0 Å². The van der Waals surface area contributed by atoms with Crippen molar-refractivity contribution in [3.8, 4) is 5.75 Å². The van der Waals surface area contributed by atoms with Crippen molar-refractivity contribution in [3.05, 3.63) is 29.3 Å². The van der Waals surface area contributed by atoms with E-state index in [0.29, 0.717) is 5.75 Å². The minimum atomic E-state index is -0.679. The third-order valence-electron chi connectivity index (χ3n) is 4.36. The zero-order valence-corrected chi connectivity index (χ0v) is 14.1. The van der Waals surface area contributed by atoms with E-state index in [1.54, 1.807) is 6.92 Å². The van der Waals surface area contributed by atoms with Crippen molar-refractivity contribution in [2.75, 3.05) is 0 Å². The van der Waals surface area contributed by atoms with Crippen LogP contribution in [-0.2, 0) is 9.59 Å². The van der Waals surface area contributed by atoms with Gasteiger partial charge in [-0.25, -0.2) is 0 Å². The van der Waals surface area contributed by atoms with Gasteiger partial charge in [0, 0.05) is 5.92 Å². The Kier molecular flexibility index (Phi) is 6.02. The monoisotopic (exact) mass is 318 g/mol. The van der Waals surface area contributed by atoms with E-state index in [1.165, 1.54) is 6.42 Å². The molecule has 2 N–H and O–H groups in total. The van der Waals surface area contributed by atoms with Crippen molar-refractivity contribution in [2.24, 2.45) is 5.92 Å². The minimum absolute atomic E-state index is 0.0129. The standard InChI is InChI=1S/C18H26N2O3/c1-12-8-7-9-13(2)16(12)23-14(3)17(21)19-20-18(22)15-10-5-4-6-11-15/h7-9,14-15H,4-6,10-11H2,1-3H3,(H,19,21)(H,20,22)/t14-/m1/s1. The highest BCUT2D eigenvalue weighted by Gasteiger charge is 2.23. The minimum Gasteiger partial charge on any atom is -0.480 e. The second kappa shape index (κ2) is 7.99. The van der Waals surface area contributed by atoms with Crippen LogP contribution >= 0.6 is 0 Å². The molecule has 126 valence electrons. The number of hydrazine groups is 1. The molecule has 5 heteroatoms. The Morgan fingerprint density at radius 1 is 1.09 bits per heavy atom. The lowest BCUT2D eigenvalue weighted by Crippen LogP contribution is -2.49. The lowest BCUT2D eigenvalue weighted by molar-refractivity contribution is -0.134. The van der Waals surface area contributed by atoms with E-state index in [-0.39, 0.29) is 17.7 Å². The Hall–Kier alpha value is -2.04. The van der Waals surface area contributed by atoms with Crippen LogP contribution in [0.1, 0.15) is 50.2 Å². The molecule has 1 atom stereocenters. The Morgan fingerprint density at radius 2 is 1.70 bits per heavy atom. The summed E-state index contributed by atoms with van der Waals surface area (Å²) < 4.78 is 5.75. The fourth-order valence-electron chi connectivity index (χ4n) is 2.91. The average molecular weight is 318 g/mol. The predicted molar refractivity (Wildman–Crippen MR) is 88.9 cm³/mol. The molecule has 0 heterocycles. The Balaban J connectivity index is 1.84. The van der Waals surface area contributed by atoms with Gasteiger partial charge in [0.2, 0.25) is 5.91 Å². The molecular formula is C18H26N2O3. The number of hydrogen-bond acceptors (Lipinski definition) is 3. The highest BCUT2D eigenvalue weighted by Crippen LogP contribution is 2.24. The van der Waals surface area contributed by atoms with Crippen LogP contribution in [0.15, 0.2) is 18.2 Å². The molecule has 2 amide bonds. The number of nitrogens with one attached hydrogen (secondary N) is 2. The number of benzene rings is 1. The van der Waals surface area contributed by atoms with Gasteiger partial charge in [0.1, 0.15) is 5.75 Å². The van der Waals surface area contributed by atoms with Gasteiger partial charge in [-0.1, -0.05) is 37.5 Å². The number of ether oxygens (including phenoxy) is 1. The Bertz CT molecular complexity index is 545. The van der Waals surface area contributed by atoms with Gasteiger partial charge in [-0.15, -0.1) is 0 Å². The first-order valence-corrected chi connectivity index (χ1v) is 8.31. The molecule has 0 bridgehead atoms. The smallest absolute Gasteiger partial charge is 0.279 e. The third kappa shape index (κ3) is 4.71. The summed E-state index contributed by atoms with van der Waals surface area (Å²) in [6.07, 6.45) is 4.47. The van der Waals surface area contributed by atoms with Crippen LogP contribution in [0.25, 0.3) is 0 Å². The maximum atomic E-state index is 12.1. The van der Waals surface area contributed by atoms with Crippen LogP contribution in [0.4, 0.5) is 0 Å². The molecule has 2 rings (SSSR count). The highest BCUT2D eigenvalue weighted by atomic mass is 16.5. The van der Waals surface area contributed by atoms with Crippen molar-refractivity contribution in [2.45, 2.75) is 59.0 Å². The molecule has 0 unspecified atom stereocenters. The number of aryl methyl sites for hydroxylation is 2. The molecule has 1 aliphatic rings. The molecule has 1 aliphatic carbocycles. The molecule has 0 radical (unpaired) electrons. The summed E-state index contributed by atoms with van der Waals surface area (Å²) in [7, 11) is 0. The average Bonchev–Trinajstić information content (AvgIpc) is 2.56. The Morgan fingerprint density at radius 3 is 2.30 bits per heavy atom. The highest BCUT2D eigenvalue weighted by molar-refractivity contribution is 5.85. The summed E-state index contributed by atoms with van der Waals surface area (Å²) in [6, 6.07) is 5.84. The number of carbonyl (C=O) groups excluding carboxylic acids is 2. The quantitative estimate of drug-likeness (QED) is 0.839. The molecule has 1 saturated carbocycles. The summed E-state index contributed by atoms with van der Waals surface area (Å²) in [4.78, 5) is 24.1. The maximum Gasteiger partial charge on any atom is 0.279 e. The van der Waals surface area contributed by atoms with Crippen LogP contribution in [0.5, 0.6) is 5.75 Å². The van der Waals surface area contributed by atoms with Gasteiger partial charge in [0.15, 0.2) is 6.10 Å². The second-order valence-corrected chi connectivity index (χ2v) is 6.29. The summed E-state index contributed by atoms with van der Waals surface area (Å²) in [5, 5.41) is 0. The first-order valence-electron chi connectivity index (χ1n) is 8.31. The normalized spacial score (nSPS) is 16.5. The van der Waals surface area contributed by atoms with Crippen LogP contribution in [0.2, 0.25) is 0 Å². The summed E-state index contributed by atoms with van der Waals surface area (Å²) >= 11 is 0. The molecule has 1 aromatic rings. The van der Waals surface area contributed by atoms with Gasteiger partial charge in [-0.3, -0.25) is 20.4 Å². The largest absolute Gasteiger partial charge is 0.480 e. The van der Waals surface area contributed by atoms with Gasteiger partial charge in [-0.05, 0) is 44.7 Å². The number of rotatable bonds is 4. The van der Waals surface area contributed by atoms with E-state index in [1.807, 2.05) is 32.0 Å². The summed E-state index contributed by atoms with van der Waals surface area (Å²) in [6.45, 7) is 5.56. The fraction of sp³-hybridized carbons (Fsp3) is 0.556.